The number of aliphatic hydroxyl groups is 1. The summed E-state index contributed by atoms with van der Waals surface area (Å²) in [5, 5.41) is 11.4. The van der Waals surface area contributed by atoms with Crippen LogP contribution >= 0.6 is 0 Å². The molecule has 0 amide bonds. The molecule has 0 saturated carbocycles. The molecule has 0 spiro atoms. The van der Waals surface area contributed by atoms with Crippen LogP contribution in [-0.4, -0.2) is 17.8 Å². The molecule has 110 valence electrons. The minimum absolute atomic E-state index is 0.0951. The van der Waals surface area contributed by atoms with E-state index in [1.807, 2.05) is 13.8 Å². The Kier molecular flexibility index (Phi) is 3.43. The summed E-state index contributed by atoms with van der Waals surface area (Å²) in [4.78, 5) is 11.3. The van der Waals surface area contributed by atoms with Crippen LogP contribution in [0.5, 0.6) is 5.75 Å². The number of aliphatic hydroxyl groups excluding tert-OH is 1. The van der Waals surface area contributed by atoms with Crippen molar-refractivity contribution >= 4 is 21.9 Å². The molecular weight excluding hydrogens is 272 g/mol. The summed E-state index contributed by atoms with van der Waals surface area (Å²) < 4.78 is 16.3. The van der Waals surface area contributed by atoms with Gasteiger partial charge in [-0.05, 0) is 18.1 Å². The molecule has 0 fully saturated rings. The van der Waals surface area contributed by atoms with E-state index >= 15 is 0 Å². The number of benzene rings is 1. The molecule has 1 aromatic carbocycles. The van der Waals surface area contributed by atoms with Crippen molar-refractivity contribution in [3.05, 3.63) is 40.9 Å². The molecule has 0 unspecified atom stereocenters. The first kappa shape index (κ1) is 13.7. The SMILES string of the molecule is CC(C)[C@@H](O)COc1c2ccoc2cc2oc(=O)ccc12. The molecule has 0 saturated heterocycles. The van der Waals surface area contributed by atoms with E-state index < -0.39 is 11.7 Å². The quantitative estimate of drug-likeness (QED) is 0.747. The molecule has 1 N–H and O–H groups in total. The number of furan rings is 1. The molecular formula is C16H16O5. The first-order chi connectivity index (χ1) is 10.1. The van der Waals surface area contributed by atoms with Crippen LogP contribution in [0.25, 0.3) is 21.9 Å². The van der Waals surface area contributed by atoms with E-state index in [4.69, 9.17) is 13.6 Å². The Balaban J connectivity index is 2.12. The summed E-state index contributed by atoms with van der Waals surface area (Å²) in [6.07, 6.45) is 0.978. The maximum absolute atomic E-state index is 11.3. The smallest absolute Gasteiger partial charge is 0.336 e. The van der Waals surface area contributed by atoms with Crippen molar-refractivity contribution in [2.45, 2.75) is 20.0 Å². The van der Waals surface area contributed by atoms with Crippen molar-refractivity contribution in [3.8, 4) is 5.75 Å². The minimum atomic E-state index is -0.571. The fourth-order valence-electron chi connectivity index (χ4n) is 2.13. The zero-order valence-corrected chi connectivity index (χ0v) is 11.8. The van der Waals surface area contributed by atoms with Gasteiger partial charge in [0.2, 0.25) is 0 Å². The number of ether oxygens (including phenoxy) is 1. The monoisotopic (exact) mass is 288 g/mol. The third-order valence-corrected chi connectivity index (χ3v) is 3.48. The van der Waals surface area contributed by atoms with Crippen molar-refractivity contribution in [3.63, 3.8) is 0 Å². The van der Waals surface area contributed by atoms with E-state index in [0.29, 0.717) is 22.3 Å². The van der Waals surface area contributed by atoms with Crippen LogP contribution in [0.4, 0.5) is 0 Å². The lowest BCUT2D eigenvalue weighted by molar-refractivity contribution is 0.0713. The molecule has 2 heterocycles. The van der Waals surface area contributed by atoms with Crippen LogP contribution in [-0.2, 0) is 0 Å². The van der Waals surface area contributed by atoms with Gasteiger partial charge in [-0.2, -0.15) is 0 Å². The molecule has 3 aromatic rings. The van der Waals surface area contributed by atoms with E-state index in [1.54, 1.807) is 24.5 Å². The van der Waals surface area contributed by atoms with E-state index in [0.717, 1.165) is 5.39 Å². The zero-order chi connectivity index (χ0) is 15.0. The molecule has 0 aliphatic heterocycles. The van der Waals surface area contributed by atoms with Crippen LogP contribution in [0.3, 0.4) is 0 Å². The number of hydrogen-bond donors (Lipinski definition) is 1. The molecule has 0 radical (unpaired) electrons. The Morgan fingerprint density at radius 1 is 1.19 bits per heavy atom. The molecule has 0 aliphatic rings. The summed E-state index contributed by atoms with van der Waals surface area (Å²) in [6, 6.07) is 6.46. The van der Waals surface area contributed by atoms with Gasteiger partial charge in [-0.3, -0.25) is 0 Å². The van der Waals surface area contributed by atoms with Gasteiger partial charge in [-0.15, -0.1) is 0 Å². The van der Waals surface area contributed by atoms with Crippen molar-refractivity contribution < 1.29 is 18.7 Å². The van der Waals surface area contributed by atoms with Crippen LogP contribution in [0.1, 0.15) is 13.8 Å². The van der Waals surface area contributed by atoms with E-state index in [1.165, 1.54) is 6.07 Å². The summed E-state index contributed by atoms with van der Waals surface area (Å²) in [5.74, 6) is 0.650. The van der Waals surface area contributed by atoms with Gasteiger partial charge >= 0.3 is 5.63 Å². The van der Waals surface area contributed by atoms with Gasteiger partial charge in [0.15, 0.2) is 0 Å². The number of rotatable bonds is 4. The lowest BCUT2D eigenvalue weighted by Crippen LogP contribution is -2.23. The van der Waals surface area contributed by atoms with Gasteiger partial charge in [0, 0.05) is 12.1 Å². The average Bonchev–Trinajstić information content (AvgIpc) is 2.90. The molecule has 2 aromatic heterocycles. The Morgan fingerprint density at radius 3 is 2.71 bits per heavy atom. The summed E-state index contributed by atoms with van der Waals surface area (Å²) in [7, 11) is 0. The van der Waals surface area contributed by atoms with Gasteiger partial charge in [0.1, 0.15) is 23.5 Å². The van der Waals surface area contributed by atoms with Crippen molar-refractivity contribution in [1.29, 1.82) is 0 Å². The molecule has 1 atom stereocenters. The Bertz CT molecular complexity index is 827. The highest BCUT2D eigenvalue weighted by molar-refractivity contribution is 6.01. The maximum Gasteiger partial charge on any atom is 0.336 e. The number of fused-ring (bicyclic) bond motifs is 2. The third-order valence-electron chi connectivity index (χ3n) is 3.48. The van der Waals surface area contributed by atoms with Crippen LogP contribution < -0.4 is 10.4 Å². The first-order valence-corrected chi connectivity index (χ1v) is 6.81. The molecule has 5 nitrogen and oxygen atoms in total. The normalized spacial score (nSPS) is 13.1. The summed E-state index contributed by atoms with van der Waals surface area (Å²) in [5.41, 5.74) is 0.548. The van der Waals surface area contributed by atoms with Gasteiger partial charge in [0.05, 0.1) is 23.1 Å². The maximum atomic E-state index is 11.3. The highest BCUT2D eigenvalue weighted by Crippen LogP contribution is 2.35. The highest BCUT2D eigenvalue weighted by atomic mass is 16.5. The van der Waals surface area contributed by atoms with Crippen LogP contribution in [0.2, 0.25) is 0 Å². The highest BCUT2D eigenvalue weighted by Gasteiger charge is 2.16. The lowest BCUT2D eigenvalue weighted by atomic mass is 10.1. The third kappa shape index (κ3) is 2.52. The standard InChI is InChI=1S/C16H16O5/c1-9(2)12(17)8-20-16-10-3-4-15(18)21-14(10)7-13-11(16)5-6-19-13/h3-7,9,12,17H,8H2,1-2H3/t12-/m0/s1. The van der Waals surface area contributed by atoms with E-state index in [9.17, 15) is 9.90 Å². The molecule has 21 heavy (non-hydrogen) atoms. The Hall–Kier alpha value is -2.27. The first-order valence-electron chi connectivity index (χ1n) is 6.81. The second-order valence-corrected chi connectivity index (χ2v) is 5.33. The Labute approximate surface area is 120 Å². The zero-order valence-electron chi connectivity index (χ0n) is 11.8. The second-order valence-electron chi connectivity index (χ2n) is 5.33. The van der Waals surface area contributed by atoms with E-state index in [-0.39, 0.29) is 12.5 Å². The topological polar surface area (TPSA) is 72.8 Å². The van der Waals surface area contributed by atoms with Crippen LogP contribution in [0, 0.1) is 5.92 Å². The van der Waals surface area contributed by atoms with Gasteiger partial charge < -0.3 is 18.7 Å². The van der Waals surface area contributed by atoms with Gasteiger partial charge in [-0.1, -0.05) is 13.8 Å². The lowest BCUT2D eigenvalue weighted by Gasteiger charge is -2.16. The molecule has 0 aliphatic carbocycles. The fraction of sp³-hybridized carbons (Fsp3) is 0.312. The predicted octanol–water partition coefficient (Wildman–Crippen LogP) is 2.93. The van der Waals surface area contributed by atoms with E-state index in [2.05, 4.69) is 0 Å². The fourth-order valence-corrected chi connectivity index (χ4v) is 2.13. The second kappa shape index (κ2) is 5.26. The number of hydrogen-bond acceptors (Lipinski definition) is 5. The van der Waals surface area contributed by atoms with Crippen molar-refractivity contribution in [1.82, 2.24) is 0 Å². The van der Waals surface area contributed by atoms with Crippen molar-refractivity contribution in [2.75, 3.05) is 6.61 Å². The minimum Gasteiger partial charge on any atom is -0.489 e. The summed E-state index contributed by atoms with van der Waals surface area (Å²) in [6.45, 7) is 4.00. The predicted molar refractivity (Wildman–Crippen MR) is 78.6 cm³/mol. The molecule has 0 bridgehead atoms. The molecule has 3 rings (SSSR count). The Morgan fingerprint density at radius 2 is 1.95 bits per heavy atom. The van der Waals surface area contributed by atoms with Gasteiger partial charge in [-0.25, -0.2) is 4.79 Å². The van der Waals surface area contributed by atoms with Crippen LogP contribution in [0.15, 0.2) is 44.2 Å². The largest absolute Gasteiger partial charge is 0.489 e. The average molecular weight is 288 g/mol. The molecule has 5 heteroatoms. The van der Waals surface area contributed by atoms with Crippen molar-refractivity contribution in [2.24, 2.45) is 5.92 Å². The van der Waals surface area contributed by atoms with Gasteiger partial charge in [0.25, 0.3) is 0 Å². The summed E-state index contributed by atoms with van der Waals surface area (Å²) >= 11 is 0.